The molecule has 0 aliphatic rings. The molecule has 0 atom stereocenters. The predicted octanol–water partition coefficient (Wildman–Crippen LogP) is 3.70. The molecule has 112 valence electrons. The third kappa shape index (κ3) is 2.69. The third-order valence-corrected chi connectivity index (χ3v) is 4.32. The predicted molar refractivity (Wildman–Crippen MR) is 84.6 cm³/mol. The highest BCUT2D eigenvalue weighted by molar-refractivity contribution is 7.99. The van der Waals surface area contributed by atoms with Crippen molar-refractivity contribution < 1.29 is 9.90 Å². The van der Waals surface area contributed by atoms with Gasteiger partial charge >= 0.3 is 5.97 Å². The lowest BCUT2D eigenvalue weighted by atomic mass is 10.2. The molecule has 2 heterocycles. The molecule has 0 saturated carbocycles. The first-order valence-corrected chi connectivity index (χ1v) is 7.73. The molecule has 0 radical (unpaired) electrons. The van der Waals surface area contributed by atoms with E-state index in [4.69, 9.17) is 0 Å². The fourth-order valence-electron chi connectivity index (χ4n) is 2.20. The van der Waals surface area contributed by atoms with Crippen LogP contribution in [0.1, 0.15) is 35.9 Å². The summed E-state index contributed by atoms with van der Waals surface area (Å²) in [5, 5.41) is 17.6. The smallest absolute Gasteiger partial charge is 0.336 e. The Morgan fingerprint density at radius 3 is 2.68 bits per heavy atom. The van der Waals surface area contributed by atoms with Crippen LogP contribution in [0.15, 0.2) is 52.4 Å². The number of hydrogen-bond donors (Lipinski definition) is 1. The van der Waals surface area contributed by atoms with E-state index in [-0.39, 0.29) is 5.92 Å². The third-order valence-electron chi connectivity index (χ3n) is 3.26. The van der Waals surface area contributed by atoms with Gasteiger partial charge in [-0.2, -0.15) is 0 Å². The lowest BCUT2D eigenvalue weighted by Gasteiger charge is -2.07. The van der Waals surface area contributed by atoms with E-state index in [2.05, 4.69) is 24.0 Å². The summed E-state index contributed by atoms with van der Waals surface area (Å²) in [6, 6.07) is 10.8. The maximum Gasteiger partial charge on any atom is 0.336 e. The largest absolute Gasteiger partial charge is 0.478 e. The number of hydrogen-bond acceptors (Lipinski definition) is 4. The van der Waals surface area contributed by atoms with E-state index in [0.29, 0.717) is 10.5 Å². The zero-order valence-corrected chi connectivity index (χ0v) is 13.0. The fraction of sp³-hybridized carbons (Fsp3) is 0.188. The minimum atomic E-state index is -0.920. The molecule has 22 heavy (non-hydrogen) atoms. The van der Waals surface area contributed by atoms with Gasteiger partial charge in [-0.1, -0.05) is 37.7 Å². The summed E-state index contributed by atoms with van der Waals surface area (Å²) >= 11 is 1.42. The Morgan fingerprint density at radius 2 is 1.95 bits per heavy atom. The van der Waals surface area contributed by atoms with Gasteiger partial charge in [0.25, 0.3) is 0 Å². The van der Waals surface area contributed by atoms with Crippen molar-refractivity contribution in [2.75, 3.05) is 0 Å². The van der Waals surface area contributed by atoms with Gasteiger partial charge in [0.15, 0.2) is 5.65 Å². The highest BCUT2D eigenvalue weighted by atomic mass is 32.2. The van der Waals surface area contributed by atoms with Gasteiger partial charge in [0.05, 0.1) is 5.56 Å². The van der Waals surface area contributed by atoms with E-state index in [9.17, 15) is 9.90 Å². The number of carbonyl (C=O) groups is 1. The van der Waals surface area contributed by atoms with Crippen molar-refractivity contribution in [2.24, 2.45) is 0 Å². The molecule has 0 amide bonds. The van der Waals surface area contributed by atoms with E-state index in [1.54, 1.807) is 12.1 Å². The van der Waals surface area contributed by atoms with Crippen LogP contribution in [0.2, 0.25) is 0 Å². The molecule has 0 unspecified atom stereocenters. The zero-order valence-electron chi connectivity index (χ0n) is 12.2. The highest BCUT2D eigenvalue weighted by Crippen LogP contribution is 2.31. The van der Waals surface area contributed by atoms with Crippen molar-refractivity contribution in [3.63, 3.8) is 0 Å². The first-order valence-electron chi connectivity index (χ1n) is 6.91. The lowest BCUT2D eigenvalue weighted by molar-refractivity contribution is 0.0693. The van der Waals surface area contributed by atoms with Crippen LogP contribution in [-0.4, -0.2) is 25.7 Å². The monoisotopic (exact) mass is 313 g/mol. The quantitative estimate of drug-likeness (QED) is 0.795. The molecule has 3 aromatic rings. The number of benzene rings is 1. The molecule has 0 spiro atoms. The molecular formula is C16H15N3O2S. The number of nitrogens with zero attached hydrogens (tertiary/aromatic N) is 3. The first kappa shape index (κ1) is 14.6. The van der Waals surface area contributed by atoms with E-state index in [1.807, 2.05) is 34.9 Å². The maximum absolute atomic E-state index is 11.3. The molecule has 0 saturated heterocycles. The van der Waals surface area contributed by atoms with E-state index >= 15 is 0 Å². The van der Waals surface area contributed by atoms with Crippen LogP contribution < -0.4 is 0 Å². The molecule has 0 aliphatic carbocycles. The SMILES string of the molecule is CC(C)c1nnc2ccc(Sc3ccccc3C(=O)O)cn12. The van der Waals surface area contributed by atoms with Gasteiger partial charge in [0.1, 0.15) is 5.82 Å². The van der Waals surface area contributed by atoms with Crippen LogP contribution in [0.3, 0.4) is 0 Å². The Balaban J connectivity index is 2.01. The molecule has 1 aromatic carbocycles. The average molecular weight is 313 g/mol. The first-order chi connectivity index (χ1) is 10.6. The Hall–Kier alpha value is -2.34. The van der Waals surface area contributed by atoms with Gasteiger partial charge in [-0.25, -0.2) is 4.79 Å². The number of aromatic nitrogens is 3. The van der Waals surface area contributed by atoms with Crippen LogP contribution in [0, 0.1) is 0 Å². The molecule has 1 N–H and O–H groups in total. The van der Waals surface area contributed by atoms with Gasteiger partial charge in [-0.3, -0.25) is 4.40 Å². The topological polar surface area (TPSA) is 67.5 Å². The summed E-state index contributed by atoms with van der Waals surface area (Å²) < 4.78 is 1.95. The van der Waals surface area contributed by atoms with Crippen LogP contribution in [0.25, 0.3) is 5.65 Å². The van der Waals surface area contributed by atoms with Crippen LogP contribution in [-0.2, 0) is 0 Å². The second-order valence-corrected chi connectivity index (χ2v) is 6.32. The van der Waals surface area contributed by atoms with Crippen molar-refractivity contribution in [2.45, 2.75) is 29.6 Å². The zero-order chi connectivity index (χ0) is 15.7. The Labute approximate surface area is 132 Å². The summed E-state index contributed by atoms with van der Waals surface area (Å²) in [7, 11) is 0. The molecule has 5 nitrogen and oxygen atoms in total. The van der Waals surface area contributed by atoms with Gasteiger partial charge < -0.3 is 5.11 Å². The fourth-order valence-corrected chi connectivity index (χ4v) is 3.16. The van der Waals surface area contributed by atoms with Crippen molar-refractivity contribution in [3.8, 4) is 0 Å². The minimum Gasteiger partial charge on any atom is -0.478 e. The summed E-state index contributed by atoms with van der Waals surface area (Å²) in [4.78, 5) is 13.0. The maximum atomic E-state index is 11.3. The highest BCUT2D eigenvalue weighted by Gasteiger charge is 2.13. The van der Waals surface area contributed by atoms with Gasteiger partial charge in [-0.15, -0.1) is 10.2 Å². The molecule has 0 fully saturated rings. The minimum absolute atomic E-state index is 0.265. The standard InChI is InChI=1S/C16H15N3O2S/c1-10(2)15-18-17-14-8-7-11(9-19(14)15)22-13-6-4-3-5-12(13)16(20)21/h3-10H,1-2H3,(H,20,21). The second kappa shape index (κ2) is 5.81. The normalized spacial score (nSPS) is 11.2. The Kier molecular flexibility index (Phi) is 3.85. The van der Waals surface area contributed by atoms with Crippen LogP contribution in [0.5, 0.6) is 0 Å². The van der Waals surface area contributed by atoms with E-state index in [0.717, 1.165) is 16.4 Å². The van der Waals surface area contributed by atoms with Gasteiger partial charge in [-0.05, 0) is 24.3 Å². The number of carboxylic acid groups (broad SMARTS) is 1. The van der Waals surface area contributed by atoms with Gasteiger partial charge in [0.2, 0.25) is 0 Å². The lowest BCUT2D eigenvalue weighted by Crippen LogP contribution is -1.99. The number of aromatic carboxylic acids is 1. The number of rotatable bonds is 4. The average Bonchev–Trinajstić information content (AvgIpc) is 2.91. The second-order valence-electron chi connectivity index (χ2n) is 5.21. The number of pyridine rings is 1. The summed E-state index contributed by atoms with van der Waals surface area (Å²) in [6.07, 6.45) is 1.95. The van der Waals surface area contributed by atoms with Gasteiger partial charge in [0, 0.05) is 21.9 Å². The molecular weight excluding hydrogens is 298 g/mol. The van der Waals surface area contributed by atoms with Crippen LogP contribution in [0.4, 0.5) is 0 Å². The molecule has 2 aromatic heterocycles. The van der Waals surface area contributed by atoms with Crippen LogP contribution >= 0.6 is 11.8 Å². The Bertz CT molecular complexity index is 842. The van der Waals surface area contributed by atoms with Crippen molar-refractivity contribution in [1.29, 1.82) is 0 Å². The molecule has 0 bridgehead atoms. The molecule has 6 heteroatoms. The summed E-state index contributed by atoms with van der Waals surface area (Å²) in [5.41, 5.74) is 1.10. The van der Waals surface area contributed by atoms with Crippen molar-refractivity contribution in [1.82, 2.24) is 14.6 Å². The van der Waals surface area contributed by atoms with Crippen molar-refractivity contribution >= 4 is 23.4 Å². The number of carboxylic acids is 1. The molecule has 3 rings (SSSR count). The summed E-state index contributed by atoms with van der Waals surface area (Å²) in [6.45, 7) is 4.13. The Morgan fingerprint density at radius 1 is 1.18 bits per heavy atom. The molecule has 0 aliphatic heterocycles. The number of fused-ring (bicyclic) bond motifs is 1. The van der Waals surface area contributed by atoms with E-state index in [1.165, 1.54) is 11.8 Å². The summed E-state index contributed by atoms with van der Waals surface area (Å²) in [5.74, 6) is 0.238. The van der Waals surface area contributed by atoms with Crippen molar-refractivity contribution in [3.05, 3.63) is 54.0 Å². The van der Waals surface area contributed by atoms with E-state index < -0.39 is 5.97 Å².